The Morgan fingerprint density at radius 1 is 1.21 bits per heavy atom. The van der Waals surface area contributed by atoms with Gasteiger partial charge in [0.2, 0.25) is 5.91 Å². The molecule has 0 saturated carbocycles. The number of carbonyl (C=O) groups is 1. The lowest BCUT2D eigenvalue weighted by Gasteiger charge is -2.28. The predicted molar refractivity (Wildman–Crippen MR) is 129 cm³/mol. The van der Waals surface area contributed by atoms with E-state index in [4.69, 9.17) is 9.47 Å². The number of fused-ring (bicyclic) bond motifs is 1. The molecule has 0 bridgehead atoms. The second-order valence-electron chi connectivity index (χ2n) is 7.96. The fourth-order valence-corrected chi connectivity index (χ4v) is 4.89. The SMILES string of the molecule is CCCOc1ccc(C2CC(=O)Nc3c2c(=O)nc(SCc2ccccc2F)n3C)cc1OC. The summed E-state index contributed by atoms with van der Waals surface area (Å²) < 4.78 is 26.9. The topological polar surface area (TPSA) is 82.5 Å². The molecular formula is C25H26FN3O4S. The van der Waals surface area contributed by atoms with Crippen LogP contribution in [-0.4, -0.2) is 29.2 Å². The average Bonchev–Trinajstić information content (AvgIpc) is 2.84. The van der Waals surface area contributed by atoms with Crippen molar-refractivity contribution in [2.75, 3.05) is 19.0 Å². The van der Waals surface area contributed by atoms with Crippen LogP contribution in [0.4, 0.5) is 10.2 Å². The van der Waals surface area contributed by atoms with Crippen molar-refractivity contribution < 1.29 is 18.7 Å². The number of hydrogen-bond donors (Lipinski definition) is 1. The largest absolute Gasteiger partial charge is 0.493 e. The highest BCUT2D eigenvalue weighted by molar-refractivity contribution is 7.98. The van der Waals surface area contributed by atoms with Crippen molar-refractivity contribution in [1.82, 2.24) is 9.55 Å². The zero-order valence-corrected chi connectivity index (χ0v) is 20.1. The van der Waals surface area contributed by atoms with Crippen molar-refractivity contribution in [1.29, 1.82) is 0 Å². The van der Waals surface area contributed by atoms with Crippen molar-refractivity contribution in [3.05, 3.63) is 75.3 Å². The maximum Gasteiger partial charge on any atom is 0.279 e. The lowest BCUT2D eigenvalue weighted by Crippen LogP contribution is -2.33. The third-order valence-corrected chi connectivity index (χ3v) is 6.75. The zero-order valence-electron chi connectivity index (χ0n) is 19.3. The Labute approximate surface area is 201 Å². The summed E-state index contributed by atoms with van der Waals surface area (Å²) >= 11 is 1.24. The van der Waals surface area contributed by atoms with Gasteiger partial charge >= 0.3 is 0 Å². The summed E-state index contributed by atoms with van der Waals surface area (Å²) in [5.74, 6) is 0.872. The Balaban J connectivity index is 1.70. The van der Waals surface area contributed by atoms with Gasteiger partial charge in [-0.3, -0.25) is 9.59 Å². The van der Waals surface area contributed by atoms with Crippen molar-refractivity contribution in [2.24, 2.45) is 7.05 Å². The van der Waals surface area contributed by atoms with E-state index in [1.54, 1.807) is 49.1 Å². The van der Waals surface area contributed by atoms with E-state index in [-0.39, 0.29) is 18.1 Å². The van der Waals surface area contributed by atoms with Gasteiger partial charge in [-0.05, 0) is 35.7 Å². The molecule has 0 fully saturated rings. The molecule has 0 radical (unpaired) electrons. The highest BCUT2D eigenvalue weighted by atomic mass is 32.2. The molecule has 0 aliphatic carbocycles. The van der Waals surface area contributed by atoms with Gasteiger partial charge in [0.05, 0.1) is 19.3 Å². The molecular weight excluding hydrogens is 457 g/mol. The number of hydrogen-bond acceptors (Lipinski definition) is 6. The number of carbonyl (C=O) groups excluding carboxylic acids is 1. The van der Waals surface area contributed by atoms with E-state index in [1.165, 1.54) is 17.8 Å². The van der Waals surface area contributed by atoms with Crippen molar-refractivity contribution >= 4 is 23.5 Å². The summed E-state index contributed by atoms with van der Waals surface area (Å²) in [6.07, 6.45) is 0.976. The third kappa shape index (κ3) is 4.79. The minimum absolute atomic E-state index is 0.115. The van der Waals surface area contributed by atoms with Crippen LogP contribution in [0.1, 0.15) is 42.4 Å². The summed E-state index contributed by atoms with van der Waals surface area (Å²) in [5, 5.41) is 3.22. The number of benzene rings is 2. The van der Waals surface area contributed by atoms with E-state index in [9.17, 15) is 14.0 Å². The molecule has 2 aromatic carbocycles. The lowest BCUT2D eigenvalue weighted by molar-refractivity contribution is -0.116. The van der Waals surface area contributed by atoms with Gasteiger partial charge in [0.1, 0.15) is 11.6 Å². The van der Waals surface area contributed by atoms with Gasteiger partial charge in [-0.25, -0.2) is 4.39 Å². The van der Waals surface area contributed by atoms with Crippen LogP contribution in [-0.2, 0) is 17.6 Å². The van der Waals surface area contributed by atoms with Gasteiger partial charge in [0.25, 0.3) is 5.56 Å². The van der Waals surface area contributed by atoms with Gasteiger partial charge in [-0.1, -0.05) is 43.0 Å². The molecule has 9 heteroatoms. The monoisotopic (exact) mass is 483 g/mol. The van der Waals surface area contributed by atoms with Gasteiger partial charge in [-0.15, -0.1) is 0 Å². The number of anilines is 1. The van der Waals surface area contributed by atoms with Crippen LogP contribution in [0.2, 0.25) is 0 Å². The Morgan fingerprint density at radius 2 is 2.00 bits per heavy atom. The molecule has 2 heterocycles. The summed E-state index contributed by atoms with van der Waals surface area (Å²) in [4.78, 5) is 30.0. The summed E-state index contributed by atoms with van der Waals surface area (Å²) in [7, 11) is 3.29. The number of rotatable bonds is 8. The molecule has 7 nitrogen and oxygen atoms in total. The van der Waals surface area contributed by atoms with Gasteiger partial charge in [-0.2, -0.15) is 4.98 Å². The highest BCUT2D eigenvalue weighted by Gasteiger charge is 2.32. The van der Waals surface area contributed by atoms with Crippen LogP contribution in [0.5, 0.6) is 11.5 Å². The fourth-order valence-electron chi connectivity index (χ4n) is 3.94. The van der Waals surface area contributed by atoms with E-state index in [0.717, 1.165) is 12.0 Å². The molecule has 178 valence electrons. The lowest BCUT2D eigenvalue weighted by atomic mass is 9.86. The van der Waals surface area contributed by atoms with Crippen LogP contribution >= 0.6 is 11.8 Å². The number of amides is 1. The molecule has 4 rings (SSSR count). The molecule has 1 N–H and O–H groups in total. The van der Waals surface area contributed by atoms with Crippen molar-refractivity contribution in [3.8, 4) is 11.5 Å². The standard InChI is InChI=1S/C25H26FN3O4S/c1-4-11-33-19-10-9-15(12-20(19)32-3)17-13-21(30)27-23-22(17)24(31)28-25(29(23)2)34-14-16-7-5-6-8-18(16)26/h5-10,12,17H,4,11,13-14H2,1-3H3,(H,27,30). The second kappa shape index (κ2) is 10.3. The van der Waals surface area contributed by atoms with Crippen LogP contribution in [0.25, 0.3) is 0 Å². The molecule has 3 aromatic rings. The zero-order chi connectivity index (χ0) is 24.2. The predicted octanol–water partition coefficient (Wildman–Crippen LogP) is 4.48. The number of nitrogens with one attached hydrogen (secondary N) is 1. The molecule has 1 aromatic heterocycles. The summed E-state index contributed by atoms with van der Waals surface area (Å²) in [6, 6.07) is 11.9. The van der Waals surface area contributed by atoms with Gasteiger partial charge in [0.15, 0.2) is 16.7 Å². The van der Waals surface area contributed by atoms with Crippen molar-refractivity contribution in [3.63, 3.8) is 0 Å². The van der Waals surface area contributed by atoms with E-state index < -0.39 is 11.5 Å². The van der Waals surface area contributed by atoms with E-state index >= 15 is 0 Å². The van der Waals surface area contributed by atoms with Crippen LogP contribution < -0.4 is 20.3 Å². The summed E-state index contributed by atoms with van der Waals surface area (Å²) in [5.41, 5.74) is 1.28. The van der Waals surface area contributed by atoms with Gasteiger partial charge in [0, 0.05) is 25.1 Å². The first-order chi connectivity index (χ1) is 16.4. The Kier molecular flexibility index (Phi) is 7.21. The average molecular weight is 484 g/mol. The number of ether oxygens (including phenoxy) is 2. The minimum Gasteiger partial charge on any atom is -0.493 e. The molecule has 0 spiro atoms. The first-order valence-electron chi connectivity index (χ1n) is 11.0. The number of thioether (sulfide) groups is 1. The van der Waals surface area contributed by atoms with Gasteiger partial charge < -0.3 is 19.4 Å². The quantitative estimate of drug-likeness (QED) is 0.376. The normalized spacial score (nSPS) is 14.9. The summed E-state index contributed by atoms with van der Waals surface area (Å²) in [6.45, 7) is 2.58. The van der Waals surface area contributed by atoms with Crippen molar-refractivity contribution in [2.45, 2.75) is 36.6 Å². The first kappa shape index (κ1) is 23.8. The van der Waals surface area contributed by atoms with E-state index in [2.05, 4.69) is 10.3 Å². The Morgan fingerprint density at radius 3 is 2.74 bits per heavy atom. The Bertz CT molecular complexity index is 1280. The maximum atomic E-state index is 14.0. The molecule has 1 atom stereocenters. The molecule has 1 aliphatic heterocycles. The third-order valence-electron chi connectivity index (χ3n) is 5.67. The smallest absolute Gasteiger partial charge is 0.279 e. The second-order valence-corrected chi connectivity index (χ2v) is 8.91. The molecule has 0 saturated heterocycles. The highest BCUT2D eigenvalue weighted by Crippen LogP contribution is 2.39. The van der Waals surface area contributed by atoms with Crippen LogP contribution in [0, 0.1) is 5.82 Å². The van der Waals surface area contributed by atoms with E-state index in [1.807, 2.05) is 13.0 Å². The number of methoxy groups -OCH3 is 1. The first-order valence-corrected chi connectivity index (χ1v) is 12.0. The number of halogens is 1. The molecule has 34 heavy (non-hydrogen) atoms. The number of nitrogens with zero attached hydrogens (tertiary/aromatic N) is 2. The molecule has 1 aliphatic rings. The van der Waals surface area contributed by atoms with Crippen LogP contribution in [0.15, 0.2) is 52.4 Å². The fraction of sp³-hybridized carbons (Fsp3) is 0.320. The molecule has 1 unspecified atom stereocenters. The Hall–Kier alpha value is -3.33. The maximum absolute atomic E-state index is 14.0. The minimum atomic E-state index is -0.477. The number of aromatic nitrogens is 2. The molecule has 1 amide bonds. The van der Waals surface area contributed by atoms with Crippen LogP contribution in [0.3, 0.4) is 0 Å². The van der Waals surface area contributed by atoms with E-state index in [0.29, 0.717) is 46.0 Å².